The fourth-order valence-corrected chi connectivity index (χ4v) is 1.99. The van der Waals surface area contributed by atoms with Crippen LogP contribution in [0.3, 0.4) is 0 Å². The second-order valence-electron chi connectivity index (χ2n) is 3.97. The molecule has 18 heavy (non-hydrogen) atoms. The molecule has 1 unspecified atom stereocenters. The van der Waals surface area contributed by atoms with Gasteiger partial charge in [0.15, 0.2) is 0 Å². The minimum Gasteiger partial charge on any atom is -0.320 e. The van der Waals surface area contributed by atoms with Gasteiger partial charge in [0.25, 0.3) is 0 Å². The van der Waals surface area contributed by atoms with Crippen LogP contribution in [0.25, 0.3) is 0 Å². The summed E-state index contributed by atoms with van der Waals surface area (Å²) in [6.45, 7) is 1.55. The molecule has 1 aromatic heterocycles. The van der Waals surface area contributed by atoms with Gasteiger partial charge in [-0.3, -0.25) is 4.98 Å². The second-order valence-corrected chi connectivity index (χ2v) is 4.37. The SMILES string of the molecule is Cc1ccc(F)c(C(N)c2ccncc2Cl)c1F. The van der Waals surface area contributed by atoms with Crippen molar-refractivity contribution in [3.8, 4) is 0 Å². The minimum atomic E-state index is -0.958. The van der Waals surface area contributed by atoms with E-state index in [-0.39, 0.29) is 10.6 Å². The lowest BCUT2D eigenvalue weighted by Crippen LogP contribution is -2.17. The number of halogens is 3. The molecule has 0 aliphatic heterocycles. The average molecular weight is 269 g/mol. The fraction of sp³-hybridized carbons (Fsp3) is 0.154. The van der Waals surface area contributed by atoms with Gasteiger partial charge in [0.2, 0.25) is 0 Å². The lowest BCUT2D eigenvalue weighted by molar-refractivity contribution is 0.538. The Balaban J connectivity index is 2.56. The van der Waals surface area contributed by atoms with E-state index in [9.17, 15) is 8.78 Å². The number of hydrogen-bond acceptors (Lipinski definition) is 2. The molecular weight excluding hydrogens is 258 g/mol. The molecule has 2 nitrogen and oxygen atoms in total. The first-order valence-electron chi connectivity index (χ1n) is 5.32. The third kappa shape index (κ3) is 2.21. The zero-order valence-electron chi connectivity index (χ0n) is 9.62. The smallest absolute Gasteiger partial charge is 0.134 e. The van der Waals surface area contributed by atoms with Gasteiger partial charge < -0.3 is 5.73 Å². The highest BCUT2D eigenvalue weighted by atomic mass is 35.5. The van der Waals surface area contributed by atoms with Gasteiger partial charge in [0.1, 0.15) is 11.6 Å². The molecular formula is C13H11ClF2N2. The highest BCUT2D eigenvalue weighted by molar-refractivity contribution is 6.31. The molecule has 94 valence electrons. The van der Waals surface area contributed by atoms with Gasteiger partial charge in [-0.25, -0.2) is 8.78 Å². The fourth-order valence-electron chi connectivity index (χ4n) is 1.76. The molecule has 0 aliphatic rings. The number of aromatic nitrogens is 1. The van der Waals surface area contributed by atoms with Crippen molar-refractivity contribution in [1.29, 1.82) is 0 Å². The van der Waals surface area contributed by atoms with Gasteiger partial charge in [-0.15, -0.1) is 0 Å². The molecule has 2 N–H and O–H groups in total. The molecule has 0 saturated heterocycles. The van der Waals surface area contributed by atoms with Crippen LogP contribution in [0.1, 0.15) is 22.7 Å². The van der Waals surface area contributed by atoms with E-state index in [0.29, 0.717) is 11.1 Å². The number of aryl methyl sites for hydroxylation is 1. The Bertz CT molecular complexity index is 587. The van der Waals surface area contributed by atoms with Crippen molar-refractivity contribution < 1.29 is 8.78 Å². The molecule has 1 heterocycles. The van der Waals surface area contributed by atoms with E-state index in [1.165, 1.54) is 24.5 Å². The average Bonchev–Trinajstić information content (AvgIpc) is 2.35. The van der Waals surface area contributed by atoms with Crippen molar-refractivity contribution in [3.63, 3.8) is 0 Å². The summed E-state index contributed by atoms with van der Waals surface area (Å²) >= 11 is 5.93. The molecule has 0 radical (unpaired) electrons. The summed E-state index contributed by atoms with van der Waals surface area (Å²) in [4.78, 5) is 3.81. The van der Waals surface area contributed by atoms with E-state index in [0.717, 1.165) is 0 Å². The molecule has 2 rings (SSSR count). The van der Waals surface area contributed by atoms with Crippen molar-refractivity contribution in [3.05, 3.63) is 63.9 Å². The van der Waals surface area contributed by atoms with Crippen LogP contribution in [0.2, 0.25) is 5.02 Å². The number of pyridine rings is 1. The number of benzene rings is 1. The van der Waals surface area contributed by atoms with Gasteiger partial charge in [-0.05, 0) is 30.2 Å². The third-order valence-corrected chi connectivity index (χ3v) is 3.09. The molecule has 0 fully saturated rings. The summed E-state index contributed by atoms with van der Waals surface area (Å²) in [6, 6.07) is 3.16. The van der Waals surface area contributed by atoms with Gasteiger partial charge in [0, 0.05) is 18.0 Å². The Kier molecular flexibility index (Phi) is 3.59. The summed E-state index contributed by atoms with van der Waals surface area (Å²) in [5, 5.41) is 0.283. The first kappa shape index (κ1) is 12.9. The lowest BCUT2D eigenvalue weighted by atomic mass is 9.97. The van der Waals surface area contributed by atoms with Crippen LogP contribution in [0.15, 0.2) is 30.6 Å². The Morgan fingerprint density at radius 1 is 1.28 bits per heavy atom. The molecule has 0 spiro atoms. The highest BCUT2D eigenvalue weighted by Crippen LogP contribution is 2.30. The van der Waals surface area contributed by atoms with Crippen LogP contribution < -0.4 is 5.73 Å². The van der Waals surface area contributed by atoms with Gasteiger partial charge >= 0.3 is 0 Å². The van der Waals surface area contributed by atoms with Crippen LogP contribution in [-0.2, 0) is 0 Å². The molecule has 1 aromatic carbocycles. The van der Waals surface area contributed by atoms with E-state index in [4.69, 9.17) is 17.3 Å². The zero-order chi connectivity index (χ0) is 13.3. The predicted octanol–water partition coefficient (Wildman–Crippen LogP) is 3.37. The van der Waals surface area contributed by atoms with Crippen molar-refractivity contribution in [2.45, 2.75) is 13.0 Å². The van der Waals surface area contributed by atoms with Crippen LogP contribution in [0.5, 0.6) is 0 Å². The van der Waals surface area contributed by atoms with Crippen LogP contribution in [0, 0.1) is 18.6 Å². The summed E-state index contributed by atoms with van der Waals surface area (Å²) in [5.74, 6) is -1.33. The number of nitrogens with two attached hydrogens (primary N) is 1. The Morgan fingerprint density at radius 2 is 2.00 bits per heavy atom. The number of hydrogen-bond donors (Lipinski definition) is 1. The highest BCUT2D eigenvalue weighted by Gasteiger charge is 2.21. The third-order valence-electron chi connectivity index (χ3n) is 2.77. The lowest BCUT2D eigenvalue weighted by Gasteiger charge is -2.16. The second kappa shape index (κ2) is 5.00. The zero-order valence-corrected chi connectivity index (χ0v) is 10.4. The standard InChI is InChI=1S/C13H11ClF2N2/c1-7-2-3-10(15)11(12(7)16)13(17)8-4-5-18-6-9(8)14/h2-6,13H,17H2,1H3. The number of rotatable bonds is 2. The topological polar surface area (TPSA) is 38.9 Å². The maximum atomic E-state index is 14.0. The molecule has 5 heteroatoms. The molecule has 0 saturated carbocycles. The quantitative estimate of drug-likeness (QED) is 0.907. The largest absolute Gasteiger partial charge is 0.320 e. The van der Waals surface area contributed by atoms with E-state index >= 15 is 0 Å². The predicted molar refractivity (Wildman–Crippen MR) is 66.4 cm³/mol. The van der Waals surface area contributed by atoms with Crippen molar-refractivity contribution in [1.82, 2.24) is 4.98 Å². The monoisotopic (exact) mass is 268 g/mol. The van der Waals surface area contributed by atoms with Gasteiger partial charge in [-0.1, -0.05) is 17.7 Å². The van der Waals surface area contributed by atoms with E-state index in [1.807, 2.05) is 0 Å². The van der Waals surface area contributed by atoms with E-state index in [1.54, 1.807) is 13.0 Å². The molecule has 0 bridgehead atoms. The van der Waals surface area contributed by atoms with Crippen molar-refractivity contribution >= 4 is 11.6 Å². The molecule has 2 aromatic rings. The van der Waals surface area contributed by atoms with E-state index < -0.39 is 17.7 Å². The summed E-state index contributed by atoms with van der Waals surface area (Å²) in [7, 11) is 0. The molecule has 0 amide bonds. The van der Waals surface area contributed by atoms with Crippen molar-refractivity contribution in [2.24, 2.45) is 5.73 Å². The maximum Gasteiger partial charge on any atom is 0.134 e. The first-order chi connectivity index (χ1) is 8.52. The van der Waals surface area contributed by atoms with Crippen molar-refractivity contribution in [2.75, 3.05) is 0 Å². The molecule has 0 aliphatic carbocycles. The first-order valence-corrected chi connectivity index (χ1v) is 5.69. The summed E-state index contributed by atoms with van der Waals surface area (Å²) in [6.07, 6.45) is 2.87. The minimum absolute atomic E-state index is 0.178. The molecule has 1 atom stereocenters. The summed E-state index contributed by atoms with van der Waals surface area (Å²) in [5.41, 5.74) is 6.50. The Morgan fingerprint density at radius 3 is 2.67 bits per heavy atom. The Hall–Kier alpha value is -1.52. The van der Waals surface area contributed by atoms with Crippen LogP contribution >= 0.6 is 11.6 Å². The summed E-state index contributed by atoms with van der Waals surface area (Å²) < 4.78 is 27.7. The van der Waals surface area contributed by atoms with Gasteiger partial charge in [-0.2, -0.15) is 0 Å². The van der Waals surface area contributed by atoms with Gasteiger partial charge in [0.05, 0.1) is 11.1 Å². The number of nitrogens with zero attached hydrogens (tertiary/aromatic N) is 1. The maximum absolute atomic E-state index is 14.0. The van der Waals surface area contributed by atoms with Crippen LogP contribution in [-0.4, -0.2) is 4.98 Å². The van der Waals surface area contributed by atoms with E-state index in [2.05, 4.69) is 4.98 Å². The van der Waals surface area contributed by atoms with Crippen LogP contribution in [0.4, 0.5) is 8.78 Å². The normalized spacial score (nSPS) is 12.5. The Labute approximate surface area is 108 Å².